The van der Waals surface area contributed by atoms with Gasteiger partial charge in [-0.25, -0.2) is 8.42 Å². The van der Waals surface area contributed by atoms with Gasteiger partial charge in [0, 0.05) is 24.2 Å². The number of halogens is 1. The first-order valence-corrected chi connectivity index (χ1v) is 10.2. The summed E-state index contributed by atoms with van der Waals surface area (Å²) in [4.78, 5) is 0.218. The summed E-state index contributed by atoms with van der Waals surface area (Å²) in [5.74, 6) is 1.73. The Balaban J connectivity index is 1.42. The third-order valence-corrected chi connectivity index (χ3v) is 6.61. The minimum Gasteiger partial charge on any atom is -0.490 e. The van der Waals surface area contributed by atoms with Crippen molar-refractivity contribution in [2.24, 2.45) is 0 Å². The van der Waals surface area contributed by atoms with E-state index in [1.807, 2.05) is 12.1 Å². The SMILES string of the molecule is O=S(=O)(c1ccc2c(c1)OCO2)N1CCC(Oc2cccc(Cl)c2)CC1. The van der Waals surface area contributed by atoms with Crippen LogP contribution < -0.4 is 14.2 Å². The molecule has 26 heavy (non-hydrogen) atoms. The van der Waals surface area contributed by atoms with Crippen molar-refractivity contribution in [3.05, 3.63) is 47.5 Å². The summed E-state index contributed by atoms with van der Waals surface area (Å²) in [6.07, 6.45) is 1.21. The van der Waals surface area contributed by atoms with Gasteiger partial charge in [0.05, 0.1) is 4.90 Å². The van der Waals surface area contributed by atoms with Crippen molar-refractivity contribution in [2.75, 3.05) is 19.9 Å². The molecule has 6 nitrogen and oxygen atoms in total. The van der Waals surface area contributed by atoms with Crippen LogP contribution in [0.25, 0.3) is 0 Å². The number of ether oxygens (including phenoxy) is 3. The molecule has 2 aliphatic rings. The van der Waals surface area contributed by atoms with Gasteiger partial charge in [-0.2, -0.15) is 4.31 Å². The van der Waals surface area contributed by atoms with Crippen LogP contribution in [0.4, 0.5) is 0 Å². The average Bonchev–Trinajstić information content (AvgIpc) is 3.10. The maximum atomic E-state index is 12.9. The van der Waals surface area contributed by atoms with E-state index in [0.29, 0.717) is 48.2 Å². The summed E-state index contributed by atoms with van der Waals surface area (Å²) in [7, 11) is -3.57. The van der Waals surface area contributed by atoms with E-state index in [0.717, 1.165) is 0 Å². The van der Waals surface area contributed by atoms with Crippen molar-refractivity contribution in [3.63, 3.8) is 0 Å². The zero-order valence-electron chi connectivity index (χ0n) is 13.9. The Morgan fingerprint density at radius 3 is 2.58 bits per heavy atom. The zero-order chi connectivity index (χ0) is 18.1. The largest absolute Gasteiger partial charge is 0.490 e. The molecule has 1 fully saturated rings. The van der Waals surface area contributed by atoms with Gasteiger partial charge in [-0.15, -0.1) is 0 Å². The molecule has 0 saturated carbocycles. The second-order valence-electron chi connectivity index (χ2n) is 6.19. The summed E-state index contributed by atoms with van der Waals surface area (Å²) >= 11 is 5.97. The lowest BCUT2D eigenvalue weighted by Gasteiger charge is -2.31. The quantitative estimate of drug-likeness (QED) is 0.794. The molecule has 0 radical (unpaired) electrons. The van der Waals surface area contributed by atoms with Crippen LogP contribution in [0, 0.1) is 0 Å². The Morgan fingerprint density at radius 1 is 1.04 bits per heavy atom. The van der Waals surface area contributed by atoms with Gasteiger partial charge in [-0.05, 0) is 43.2 Å². The lowest BCUT2D eigenvalue weighted by atomic mass is 10.1. The highest BCUT2D eigenvalue weighted by atomic mass is 35.5. The minimum atomic E-state index is -3.57. The van der Waals surface area contributed by atoms with Gasteiger partial charge in [0.2, 0.25) is 16.8 Å². The van der Waals surface area contributed by atoms with E-state index in [-0.39, 0.29) is 17.8 Å². The molecule has 2 aliphatic heterocycles. The smallest absolute Gasteiger partial charge is 0.243 e. The van der Waals surface area contributed by atoms with Gasteiger partial charge in [0.1, 0.15) is 11.9 Å². The highest BCUT2D eigenvalue weighted by Gasteiger charge is 2.31. The number of sulfonamides is 1. The number of nitrogens with zero attached hydrogens (tertiary/aromatic N) is 1. The molecule has 2 aromatic rings. The molecule has 0 atom stereocenters. The standard InChI is InChI=1S/C18H18ClNO5S/c19-13-2-1-3-15(10-13)25-14-6-8-20(9-7-14)26(21,22)16-4-5-17-18(11-16)24-12-23-17/h1-5,10-11,14H,6-9,12H2. The normalized spacial score (nSPS) is 18.0. The van der Waals surface area contributed by atoms with Gasteiger partial charge in [-0.1, -0.05) is 17.7 Å². The Labute approximate surface area is 157 Å². The first-order chi connectivity index (χ1) is 12.5. The minimum absolute atomic E-state index is 0.0309. The van der Waals surface area contributed by atoms with Crippen LogP contribution in [0.3, 0.4) is 0 Å². The Morgan fingerprint density at radius 2 is 1.81 bits per heavy atom. The second-order valence-corrected chi connectivity index (χ2v) is 8.57. The van der Waals surface area contributed by atoms with Crippen molar-refractivity contribution < 1.29 is 22.6 Å². The predicted molar refractivity (Wildman–Crippen MR) is 96.4 cm³/mol. The molecule has 4 rings (SSSR count). The molecule has 0 spiro atoms. The predicted octanol–water partition coefficient (Wildman–Crippen LogP) is 3.30. The van der Waals surface area contributed by atoms with Crippen LogP contribution in [-0.2, 0) is 10.0 Å². The van der Waals surface area contributed by atoms with Crippen molar-refractivity contribution in [2.45, 2.75) is 23.8 Å². The fourth-order valence-corrected chi connectivity index (χ4v) is 4.78. The highest BCUT2D eigenvalue weighted by molar-refractivity contribution is 7.89. The Bertz CT molecular complexity index is 910. The summed E-state index contributed by atoms with van der Waals surface area (Å²) in [5.41, 5.74) is 0. The van der Waals surface area contributed by atoms with Crippen molar-refractivity contribution in [3.8, 4) is 17.2 Å². The lowest BCUT2D eigenvalue weighted by Crippen LogP contribution is -2.41. The van der Waals surface area contributed by atoms with Gasteiger partial charge < -0.3 is 14.2 Å². The molecule has 8 heteroatoms. The van der Waals surface area contributed by atoms with Crippen molar-refractivity contribution >= 4 is 21.6 Å². The molecule has 138 valence electrons. The molecule has 1 saturated heterocycles. The number of fused-ring (bicyclic) bond motifs is 1. The molecule has 0 aromatic heterocycles. The maximum absolute atomic E-state index is 12.9. The molecule has 0 unspecified atom stereocenters. The highest BCUT2D eigenvalue weighted by Crippen LogP contribution is 2.35. The first-order valence-electron chi connectivity index (χ1n) is 8.34. The third-order valence-electron chi connectivity index (χ3n) is 4.48. The van der Waals surface area contributed by atoms with E-state index in [1.54, 1.807) is 24.3 Å². The Hall–Kier alpha value is -1.96. The molecular formula is C18H18ClNO5S. The first kappa shape index (κ1) is 17.5. The number of hydrogen-bond acceptors (Lipinski definition) is 5. The molecule has 0 bridgehead atoms. The monoisotopic (exact) mass is 395 g/mol. The summed E-state index contributed by atoms with van der Waals surface area (Å²) in [5, 5.41) is 0.616. The van der Waals surface area contributed by atoms with E-state index in [9.17, 15) is 8.42 Å². The number of rotatable bonds is 4. The van der Waals surface area contributed by atoms with E-state index in [4.69, 9.17) is 25.8 Å². The van der Waals surface area contributed by atoms with Crippen LogP contribution in [0.5, 0.6) is 17.2 Å². The topological polar surface area (TPSA) is 65.1 Å². The van der Waals surface area contributed by atoms with Crippen molar-refractivity contribution in [1.82, 2.24) is 4.31 Å². The van der Waals surface area contributed by atoms with E-state index >= 15 is 0 Å². The lowest BCUT2D eigenvalue weighted by molar-refractivity contribution is 0.135. The van der Waals surface area contributed by atoms with Crippen LogP contribution in [0.15, 0.2) is 47.4 Å². The summed E-state index contributed by atoms with van der Waals surface area (Å²) in [6.45, 7) is 0.926. The fourth-order valence-electron chi connectivity index (χ4n) is 3.11. The molecule has 2 aromatic carbocycles. The van der Waals surface area contributed by atoms with Gasteiger partial charge in [0.25, 0.3) is 0 Å². The summed E-state index contributed by atoms with van der Waals surface area (Å²) < 4.78 is 43.7. The van der Waals surface area contributed by atoms with Crippen LogP contribution >= 0.6 is 11.6 Å². The Kier molecular flexibility index (Phi) is 4.69. The molecule has 0 amide bonds. The van der Waals surface area contributed by atoms with Crippen LogP contribution in [-0.4, -0.2) is 38.7 Å². The molecule has 2 heterocycles. The summed E-state index contributed by atoms with van der Waals surface area (Å²) in [6, 6.07) is 11.9. The number of hydrogen-bond donors (Lipinski definition) is 0. The third kappa shape index (κ3) is 3.47. The maximum Gasteiger partial charge on any atom is 0.243 e. The van der Waals surface area contributed by atoms with Gasteiger partial charge >= 0.3 is 0 Å². The average molecular weight is 396 g/mol. The van der Waals surface area contributed by atoms with E-state index in [2.05, 4.69) is 0 Å². The number of benzene rings is 2. The molecule has 0 N–H and O–H groups in total. The zero-order valence-corrected chi connectivity index (χ0v) is 15.5. The van der Waals surface area contributed by atoms with Gasteiger partial charge in [0.15, 0.2) is 11.5 Å². The molecule has 0 aliphatic carbocycles. The van der Waals surface area contributed by atoms with Crippen LogP contribution in [0.2, 0.25) is 5.02 Å². The number of piperidine rings is 1. The van der Waals surface area contributed by atoms with Gasteiger partial charge in [-0.3, -0.25) is 0 Å². The van der Waals surface area contributed by atoms with E-state index in [1.165, 1.54) is 10.4 Å². The second kappa shape index (κ2) is 6.98. The molecular weight excluding hydrogens is 378 g/mol. The van der Waals surface area contributed by atoms with Crippen molar-refractivity contribution in [1.29, 1.82) is 0 Å². The van der Waals surface area contributed by atoms with Crippen LogP contribution in [0.1, 0.15) is 12.8 Å². The fraction of sp³-hybridized carbons (Fsp3) is 0.333. The van der Waals surface area contributed by atoms with E-state index < -0.39 is 10.0 Å².